The Balaban J connectivity index is 0.851. The molecular formula is C32H36N2O3. The molecule has 0 radical (unpaired) electrons. The minimum atomic E-state index is -0.0840. The van der Waals surface area contributed by atoms with Crippen molar-refractivity contribution >= 4 is 17.7 Å². The van der Waals surface area contributed by atoms with Crippen LogP contribution in [0.15, 0.2) is 48.6 Å². The van der Waals surface area contributed by atoms with Crippen molar-refractivity contribution < 1.29 is 14.4 Å². The van der Waals surface area contributed by atoms with Gasteiger partial charge in [-0.1, -0.05) is 48.6 Å². The van der Waals surface area contributed by atoms with E-state index < -0.39 is 0 Å². The first-order chi connectivity index (χ1) is 18.1. The van der Waals surface area contributed by atoms with Crippen molar-refractivity contribution in [1.82, 2.24) is 9.80 Å². The van der Waals surface area contributed by atoms with Gasteiger partial charge in [-0.2, -0.15) is 0 Å². The lowest BCUT2D eigenvalue weighted by molar-refractivity contribution is -0.140. The number of benzene rings is 1. The second kappa shape index (κ2) is 8.15. The molecule has 2 aliphatic heterocycles. The second-order valence-corrected chi connectivity index (χ2v) is 13.0. The van der Waals surface area contributed by atoms with Crippen LogP contribution in [0.3, 0.4) is 0 Å². The zero-order valence-corrected chi connectivity index (χ0v) is 21.4. The van der Waals surface area contributed by atoms with Crippen LogP contribution >= 0.6 is 0 Å². The summed E-state index contributed by atoms with van der Waals surface area (Å²) < 4.78 is 0. The lowest BCUT2D eigenvalue weighted by Crippen LogP contribution is -2.37. The molecule has 5 heteroatoms. The van der Waals surface area contributed by atoms with Gasteiger partial charge in [-0.15, -0.1) is 0 Å². The van der Waals surface area contributed by atoms with Crippen molar-refractivity contribution in [3.8, 4) is 0 Å². The topological polar surface area (TPSA) is 57.7 Å². The van der Waals surface area contributed by atoms with Crippen molar-refractivity contribution in [3.63, 3.8) is 0 Å². The average Bonchev–Trinajstić information content (AvgIpc) is 3.75. The molecule has 10 unspecified atom stereocenters. The summed E-state index contributed by atoms with van der Waals surface area (Å²) in [5.74, 6) is 3.50. The van der Waals surface area contributed by atoms with Gasteiger partial charge in [0.25, 0.3) is 0 Å². The Morgan fingerprint density at radius 2 is 1.35 bits per heavy atom. The van der Waals surface area contributed by atoms with Crippen LogP contribution in [0.25, 0.3) is 0 Å². The molecule has 5 fully saturated rings. The molecule has 5 aliphatic carbocycles. The fraction of sp³-hybridized carbons (Fsp3) is 0.594. The van der Waals surface area contributed by atoms with Crippen LogP contribution in [-0.4, -0.2) is 46.7 Å². The summed E-state index contributed by atoms with van der Waals surface area (Å²) in [6, 6.07) is 9.40. The number of likely N-dealkylation sites (tertiary alicyclic amines) is 2. The van der Waals surface area contributed by atoms with Crippen LogP contribution in [0.2, 0.25) is 0 Å². The fourth-order valence-electron chi connectivity index (χ4n) is 9.50. The number of hydrogen-bond donors (Lipinski definition) is 0. The predicted octanol–water partition coefficient (Wildman–Crippen LogP) is 4.34. The third-order valence-corrected chi connectivity index (χ3v) is 11.3. The van der Waals surface area contributed by atoms with Gasteiger partial charge in [0, 0.05) is 25.0 Å². The predicted molar refractivity (Wildman–Crippen MR) is 139 cm³/mol. The average molecular weight is 497 g/mol. The smallest absolute Gasteiger partial charge is 0.233 e. The minimum absolute atomic E-state index is 0.0713. The Morgan fingerprint density at radius 1 is 0.703 bits per heavy atom. The summed E-state index contributed by atoms with van der Waals surface area (Å²) in [4.78, 5) is 42.8. The summed E-state index contributed by atoms with van der Waals surface area (Å²) in [6.07, 6.45) is 16.3. The highest BCUT2D eigenvalue weighted by atomic mass is 16.2. The Morgan fingerprint density at radius 3 is 2.05 bits per heavy atom. The number of imide groups is 1. The SMILES string of the molecule is O=C1C2C3C=CC(C3)C2C(=O)N1CCCc1ccc(C2CCC(N3CC4C5C=CC(C5)C4C3=O)C2)cc1. The zero-order valence-electron chi connectivity index (χ0n) is 21.4. The highest BCUT2D eigenvalue weighted by Gasteiger charge is 2.59. The van der Waals surface area contributed by atoms with Gasteiger partial charge in [0.05, 0.1) is 11.8 Å². The number of amides is 3. The molecule has 37 heavy (non-hydrogen) atoms. The van der Waals surface area contributed by atoms with Crippen LogP contribution in [0, 0.1) is 47.3 Å². The molecule has 3 saturated carbocycles. The highest BCUT2D eigenvalue weighted by molar-refractivity contribution is 6.06. The molecule has 1 aromatic carbocycles. The van der Waals surface area contributed by atoms with E-state index in [1.807, 2.05) is 0 Å². The zero-order chi connectivity index (χ0) is 24.8. The number of carbonyl (C=O) groups is 3. The van der Waals surface area contributed by atoms with Crippen LogP contribution in [0.5, 0.6) is 0 Å². The normalized spacial score (nSPS) is 42.6. The number of fused-ring (bicyclic) bond motifs is 10. The van der Waals surface area contributed by atoms with E-state index in [4.69, 9.17) is 0 Å². The molecule has 7 aliphatic rings. The summed E-state index contributed by atoms with van der Waals surface area (Å²) in [7, 11) is 0. The minimum Gasteiger partial charge on any atom is -0.339 e. The Labute approximate surface area is 219 Å². The van der Waals surface area contributed by atoms with Crippen LogP contribution in [0.1, 0.15) is 55.6 Å². The van der Waals surface area contributed by atoms with Gasteiger partial charge in [0.1, 0.15) is 0 Å². The summed E-state index contributed by atoms with van der Waals surface area (Å²) in [6.45, 7) is 1.52. The molecule has 4 bridgehead atoms. The lowest BCUT2D eigenvalue weighted by atomic mass is 9.85. The molecule has 3 amide bonds. The van der Waals surface area contributed by atoms with Gasteiger partial charge in [-0.25, -0.2) is 0 Å². The largest absolute Gasteiger partial charge is 0.339 e. The standard InChI is InChI=1S/C32H36N2O3/c35-30-27-22-8-7-21(14-22)26(27)17-34(30)25-12-11-20(16-25)19-5-3-18(4-6-19)2-1-13-33-31(36)28-23-9-10-24(15-23)29(28)32(33)37/h3-10,20-29H,1-2,11-17H2. The van der Waals surface area contributed by atoms with Crippen molar-refractivity contribution in [2.24, 2.45) is 47.3 Å². The van der Waals surface area contributed by atoms with Gasteiger partial charge >= 0.3 is 0 Å². The Hall–Kier alpha value is -2.69. The van der Waals surface area contributed by atoms with E-state index >= 15 is 0 Å². The monoisotopic (exact) mass is 496 g/mol. The molecule has 0 spiro atoms. The number of carbonyl (C=O) groups excluding carboxylic acids is 3. The van der Waals surface area contributed by atoms with Crippen molar-refractivity contribution in [2.45, 2.75) is 56.9 Å². The molecule has 1 aromatic rings. The maximum Gasteiger partial charge on any atom is 0.233 e. The van der Waals surface area contributed by atoms with E-state index in [0.717, 1.165) is 45.1 Å². The van der Waals surface area contributed by atoms with E-state index in [9.17, 15) is 14.4 Å². The first-order valence-electron chi connectivity index (χ1n) is 14.7. The number of allylic oxidation sites excluding steroid dienone is 4. The third-order valence-electron chi connectivity index (χ3n) is 11.3. The maximum atomic E-state index is 13.2. The first-order valence-corrected chi connectivity index (χ1v) is 14.7. The van der Waals surface area contributed by atoms with Gasteiger partial charge in [-0.05, 0) is 91.6 Å². The first kappa shape index (κ1) is 22.3. The van der Waals surface area contributed by atoms with Crippen LogP contribution in [0.4, 0.5) is 0 Å². The molecule has 5 nitrogen and oxygen atoms in total. The number of aryl methyl sites for hydroxylation is 1. The van der Waals surface area contributed by atoms with E-state index in [1.165, 1.54) is 17.5 Å². The summed E-state index contributed by atoms with van der Waals surface area (Å²) in [5.41, 5.74) is 2.66. The number of hydrogen-bond acceptors (Lipinski definition) is 3. The summed E-state index contributed by atoms with van der Waals surface area (Å²) >= 11 is 0. The quantitative estimate of drug-likeness (QED) is 0.435. The Bertz CT molecular complexity index is 1190. The van der Waals surface area contributed by atoms with Gasteiger partial charge in [-0.3, -0.25) is 19.3 Å². The number of rotatable bonds is 6. The molecular weight excluding hydrogens is 460 g/mol. The maximum absolute atomic E-state index is 13.2. The van der Waals surface area contributed by atoms with Gasteiger partial charge in [0.15, 0.2) is 0 Å². The fourth-order valence-corrected chi connectivity index (χ4v) is 9.50. The Kier molecular flexibility index (Phi) is 4.92. The molecule has 192 valence electrons. The summed E-state index contributed by atoms with van der Waals surface area (Å²) in [5, 5.41) is 0. The van der Waals surface area contributed by atoms with Gasteiger partial charge < -0.3 is 4.90 Å². The lowest BCUT2D eigenvalue weighted by Gasteiger charge is -2.26. The highest BCUT2D eigenvalue weighted by Crippen LogP contribution is 2.54. The van der Waals surface area contributed by atoms with Crippen molar-refractivity contribution in [3.05, 3.63) is 59.7 Å². The van der Waals surface area contributed by atoms with Crippen LogP contribution < -0.4 is 0 Å². The number of nitrogens with zero attached hydrogens (tertiary/aromatic N) is 2. The second-order valence-electron chi connectivity index (χ2n) is 13.0. The van der Waals surface area contributed by atoms with Crippen molar-refractivity contribution in [1.29, 1.82) is 0 Å². The third kappa shape index (κ3) is 3.25. The molecule has 2 saturated heterocycles. The molecule has 0 N–H and O–H groups in total. The molecule has 0 aromatic heterocycles. The molecule has 2 heterocycles. The van der Waals surface area contributed by atoms with Crippen LogP contribution in [-0.2, 0) is 20.8 Å². The van der Waals surface area contributed by atoms with E-state index in [1.54, 1.807) is 4.90 Å². The van der Waals surface area contributed by atoms with E-state index in [2.05, 4.69) is 53.5 Å². The van der Waals surface area contributed by atoms with Gasteiger partial charge in [0.2, 0.25) is 17.7 Å². The van der Waals surface area contributed by atoms with E-state index in [-0.39, 0.29) is 41.4 Å². The molecule has 10 atom stereocenters. The molecule has 8 rings (SSSR count). The van der Waals surface area contributed by atoms with E-state index in [0.29, 0.717) is 42.2 Å². The van der Waals surface area contributed by atoms with Crippen molar-refractivity contribution in [2.75, 3.05) is 13.1 Å².